The third-order valence-electron chi connectivity index (χ3n) is 3.34. The maximum Gasteiger partial charge on any atom is 0.224 e. The van der Waals surface area contributed by atoms with Crippen molar-refractivity contribution in [1.29, 1.82) is 0 Å². The molecule has 3 aromatic rings. The van der Waals surface area contributed by atoms with Gasteiger partial charge in [0.1, 0.15) is 24.3 Å². The van der Waals surface area contributed by atoms with E-state index in [0.717, 1.165) is 23.6 Å². The molecule has 2 aromatic heterocycles. The standard InChI is InChI=1S/C17H18N6O/c1-2-3-17(24)22-14-6-4-13(5-7-14)21-15-10-16(20-11-19-15)23-9-8-18-12-23/h4-12H,2-3H2,1H3,(H,22,24)(H,19,20,21). The summed E-state index contributed by atoms with van der Waals surface area (Å²) in [6.45, 7) is 1.98. The zero-order valence-electron chi connectivity index (χ0n) is 13.3. The topological polar surface area (TPSA) is 84.7 Å². The highest BCUT2D eigenvalue weighted by molar-refractivity contribution is 5.90. The lowest BCUT2D eigenvalue weighted by Crippen LogP contribution is -2.10. The zero-order valence-corrected chi connectivity index (χ0v) is 13.3. The Balaban J connectivity index is 1.68. The maximum absolute atomic E-state index is 11.6. The molecule has 0 aliphatic heterocycles. The van der Waals surface area contributed by atoms with E-state index in [4.69, 9.17) is 0 Å². The number of aromatic nitrogens is 4. The Morgan fingerprint density at radius 2 is 1.96 bits per heavy atom. The summed E-state index contributed by atoms with van der Waals surface area (Å²) < 4.78 is 1.80. The lowest BCUT2D eigenvalue weighted by atomic mass is 10.2. The SMILES string of the molecule is CCCC(=O)Nc1ccc(Nc2cc(-n3ccnc3)ncn2)cc1. The van der Waals surface area contributed by atoms with Crippen LogP contribution in [-0.2, 0) is 4.79 Å². The minimum atomic E-state index is 0.0268. The molecule has 7 heteroatoms. The first-order valence-corrected chi connectivity index (χ1v) is 7.72. The van der Waals surface area contributed by atoms with Crippen LogP contribution in [0.3, 0.4) is 0 Å². The molecule has 0 atom stereocenters. The van der Waals surface area contributed by atoms with Crippen LogP contribution in [0.15, 0.2) is 55.4 Å². The van der Waals surface area contributed by atoms with Gasteiger partial charge in [-0.25, -0.2) is 15.0 Å². The van der Waals surface area contributed by atoms with Crippen LogP contribution in [-0.4, -0.2) is 25.4 Å². The number of benzene rings is 1. The summed E-state index contributed by atoms with van der Waals surface area (Å²) in [5.41, 5.74) is 1.65. The second kappa shape index (κ2) is 7.36. The van der Waals surface area contributed by atoms with E-state index in [1.807, 2.05) is 43.5 Å². The minimum absolute atomic E-state index is 0.0268. The lowest BCUT2D eigenvalue weighted by Gasteiger charge is -2.09. The van der Waals surface area contributed by atoms with Crippen LogP contribution in [0.5, 0.6) is 0 Å². The van der Waals surface area contributed by atoms with Crippen molar-refractivity contribution in [3.63, 3.8) is 0 Å². The van der Waals surface area contributed by atoms with E-state index in [1.165, 1.54) is 6.33 Å². The van der Waals surface area contributed by atoms with Crippen LogP contribution in [0.1, 0.15) is 19.8 Å². The number of anilines is 3. The van der Waals surface area contributed by atoms with E-state index in [-0.39, 0.29) is 5.91 Å². The predicted molar refractivity (Wildman–Crippen MR) is 92.4 cm³/mol. The van der Waals surface area contributed by atoms with Crippen molar-refractivity contribution >= 4 is 23.1 Å². The number of amides is 1. The predicted octanol–water partition coefficient (Wildman–Crippen LogP) is 3.14. The molecule has 2 heterocycles. The normalized spacial score (nSPS) is 10.4. The Hall–Kier alpha value is -3.22. The molecule has 7 nitrogen and oxygen atoms in total. The second-order valence-electron chi connectivity index (χ2n) is 5.23. The summed E-state index contributed by atoms with van der Waals surface area (Å²) in [6, 6.07) is 9.32. The molecule has 0 unspecified atom stereocenters. The molecule has 0 saturated heterocycles. The van der Waals surface area contributed by atoms with Gasteiger partial charge in [-0.05, 0) is 30.7 Å². The van der Waals surface area contributed by atoms with E-state index in [1.54, 1.807) is 17.1 Å². The molecule has 1 amide bonds. The van der Waals surface area contributed by atoms with Crippen LogP contribution >= 0.6 is 0 Å². The molecule has 122 valence electrons. The molecule has 1 aromatic carbocycles. The average molecular weight is 322 g/mol. The number of nitrogens with one attached hydrogen (secondary N) is 2. The van der Waals surface area contributed by atoms with Gasteiger partial charge in [-0.3, -0.25) is 9.36 Å². The molecule has 2 N–H and O–H groups in total. The quantitative estimate of drug-likeness (QED) is 0.728. The highest BCUT2D eigenvalue weighted by atomic mass is 16.1. The fourth-order valence-electron chi connectivity index (χ4n) is 2.19. The maximum atomic E-state index is 11.6. The second-order valence-corrected chi connectivity index (χ2v) is 5.23. The summed E-state index contributed by atoms with van der Waals surface area (Å²) in [4.78, 5) is 24.0. The van der Waals surface area contributed by atoms with Gasteiger partial charge in [0.05, 0.1) is 0 Å². The Labute approximate surface area is 139 Å². The number of rotatable bonds is 6. The summed E-state index contributed by atoms with van der Waals surface area (Å²) >= 11 is 0. The molecule has 0 fully saturated rings. The minimum Gasteiger partial charge on any atom is -0.340 e. The third kappa shape index (κ3) is 3.95. The number of imidazole rings is 1. The number of carbonyl (C=O) groups excluding carboxylic acids is 1. The van der Waals surface area contributed by atoms with Crippen molar-refractivity contribution < 1.29 is 4.79 Å². The molecule has 0 radical (unpaired) electrons. The molecule has 24 heavy (non-hydrogen) atoms. The average Bonchev–Trinajstić information content (AvgIpc) is 3.12. The van der Waals surface area contributed by atoms with Crippen molar-refractivity contribution in [2.75, 3.05) is 10.6 Å². The number of hydrogen-bond acceptors (Lipinski definition) is 5. The highest BCUT2D eigenvalue weighted by Gasteiger charge is 2.03. The van der Waals surface area contributed by atoms with E-state index in [2.05, 4.69) is 25.6 Å². The van der Waals surface area contributed by atoms with Crippen molar-refractivity contribution in [1.82, 2.24) is 19.5 Å². The molecule has 0 aliphatic carbocycles. The zero-order chi connectivity index (χ0) is 16.8. The van der Waals surface area contributed by atoms with Gasteiger partial charge in [0, 0.05) is 36.3 Å². The summed E-state index contributed by atoms with van der Waals surface area (Å²) in [5.74, 6) is 1.43. The fraction of sp³-hybridized carbons (Fsp3) is 0.176. The third-order valence-corrected chi connectivity index (χ3v) is 3.34. The Kier molecular flexibility index (Phi) is 4.81. The Bertz CT molecular complexity index is 798. The number of carbonyl (C=O) groups is 1. The van der Waals surface area contributed by atoms with Crippen LogP contribution in [0.25, 0.3) is 5.82 Å². The van der Waals surface area contributed by atoms with Gasteiger partial charge in [0.2, 0.25) is 5.91 Å². The highest BCUT2D eigenvalue weighted by Crippen LogP contribution is 2.18. The molecule has 0 spiro atoms. The van der Waals surface area contributed by atoms with Gasteiger partial charge in [-0.2, -0.15) is 0 Å². The van der Waals surface area contributed by atoms with E-state index >= 15 is 0 Å². The Morgan fingerprint density at radius 3 is 2.67 bits per heavy atom. The van der Waals surface area contributed by atoms with E-state index in [0.29, 0.717) is 12.2 Å². The van der Waals surface area contributed by atoms with Gasteiger partial charge in [-0.15, -0.1) is 0 Å². The number of nitrogens with zero attached hydrogens (tertiary/aromatic N) is 4. The van der Waals surface area contributed by atoms with Gasteiger partial charge < -0.3 is 10.6 Å². The van der Waals surface area contributed by atoms with Crippen molar-refractivity contribution in [2.45, 2.75) is 19.8 Å². The Morgan fingerprint density at radius 1 is 1.17 bits per heavy atom. The summed E-state index contributed by atoms with van der Waals surface area (Å²) in [6.07, 6.45) is 8.05. The molecule has 0 saturated carbocycles. The van der Waals surface area contributed by atoms with Crippen LogP contribution in [0, 0.1) is 0 Å². The van der Waals surface area contributed by atoms with Crippen LogP contribution < -0.4 is 10.6 Å². The molecule has 0 aliphatic rings. The van der Waals surface area contributed by atoms with Crippen LogP contribution in [0.4, 0.5) is 17.2 Å². The summed E-state index contributed by atoms with van der Waals surface area (Å²) in [7, 11) is 0. The van der Waals surface area contributed by atoms with Gasteiger partial charge in [-0.1, -0.05) is 6.92 Å². The van der Waals surface area contributed by atoms with Crippen molar-refractivity contribution in [2.24, 2.45) is 0 Å². The first-order valence-electron chi connectivity index (χ1n) is 7.72. The lowest BCUT2D eigenvalue weighted by molar-refractivity contribution is -0.116. The fourth-order valence-corrected chi connectivity index (χ4v) is 2.19. The molecular weight excluding hydrogens is 304 g/mol. The van der Waals surface area contributed by atoms with E-state index in [9.17, 15) is 4.79 Å². The van der Waals surface area contributed by atoms with E-state index < -0.39 is 0 Å². The van der Waals surface area contributed by atoms with Crippen LogP contribution in [0.2, 0.25) is 0 Å². The molecular formula is C17H18N6O. The number of hydrogen-bond donors (Lipinski definition) is 2. The van der Waals surface area contributed by atoms with Gasteiger partial charge in [0.25, 0.3) is 0 Å². The van der Waals surface area contributed by atoms with Gasteiger partial charge >= 0.3 is 0 Å². The first kappa shape index (κ1) is 15.7. The monoisotopic (exact) mass is 322 g/mol. The smallest absolute Gasteiger partial charge is 0.224 e. The molecule has 3 rings (SSSR count). The molecule has 0 bridgehead atoms. The summed E-state index contributed by atoms with van der Waals surface area (Å²) in [5, 5.41) is 6.07. The largest absolute Gasteiger partial charge is 0.340 e. The van der Waals surface area contributed by atoms with Crippen molar-refractivity contribution in [3.8, 4) is 5.82 Å². The first-order chi connectivity index (χ1) is 11.7. The van der Waals surface area contributed by atoms with Gasteiger partial charge in [0.15, 0.2) is 0 Å². The van der Waals surface area contributed by atoms with Crippen molar-refractivity contribution in [3.05, 3.63) is 55.4 Å².